The van der Waals surface area contributed by atoms with Gasteiger partial charge in [-0.1, -0.05) is 39.0 Å². The monoisotopic (exact) mass is 554 g/mol. The molecule has 0 atom stereocenters. The first-order valence-corrected chi connectivity index (χ1v) is 13.6. The van der Waals surface area contributed by atoms with Crippen molar-refractivity contribution in [3.05, 3.63) is 41.6 Å². The molecule has 0 spiro atoms. The fourth-order valence-electron chi connectivity index (χ4n) is 5.01. The van der Waals surface area contributed by atoms with Gasteiger partial charge in [0.2, 0.25) is 5.88 Å². The van der Waals surface area contributed by atoms with Crippen molar-refractivity contribution in [3.63, 3.8) is 0 Å². The minimum atomic E-state index is -0.736. The average Bonchev–Trinajstić information content (AvgIpc) is 3.35. The van der Waals surface area contributed by atoms with Gasteiger partial charge in [0.1, 0.15) is 16.7 Å². The van der Waals surface area contributed by atoms with E-state index in [-0.39, 0.29) is 41.4 Å². The van der Waals surface area contributed by atoms with Crippen LogP contribution in [0.5, 0.6) is 0 Å². The fraction of sp³-hybridized carbons (Fsp3) is 0.516. The first kappa shape index (κ1) is 30.8. The smallest absolute Gasteiger partial charge is 0.419 e. The van der Waals surface area contributed by atoms with Gasteiger partial charge < -0.3 is 23.9 Å². The minimum Gasteiger partial charge on any atom is -0.462 e. The number of carbonyl (C=O) groups is 3. The van der Waals surface area contributed by atoms with Crippen LogP contribution in [-0.2, 0) is 14.2 Å². The zero-order valence-electron chi connectivity index (χ0n) is 25.3. The number of aromatic nitrogens is 1. The number of para-hydroxylation sites is 1. The highest BCUT2D eigenvalue weighted by Gasteiger charge is 2.37. The van der Waals surface area contributed by atoms with Crippen LogP contribution >= 0.6 is 0 Å². The Kier molecular flexibility index (Phi) is 8.77. The lowest BCUT2D eigenvalue weighted by atomic mass is 9.82. The highest BCUT2D eigenvalue weighted by atomic mass is 16.6. The molecule has 218 valence electrons. The number of anilines is 1. The van der Waals surface area contributed by atoms with E-state index in [9.17, 15) is 14.4 Å². The molecule has 0 aliphatic carbocycles. The summed E-state index contributed by atoms with van der Waals surface area (Å²) in [5, 5.41) is 3.97. The van der Waals surface area contributed by atoms with E-state index in [1.54, 1.807) is 52.9 Å². The summed E-state index contributed by atoms with van der Waals surface area (Å²) in [6.07, 6.45) is 1.69. The number of fused-ring (bicyclic) bond motifs is 1. The number of benzene rings is 1. The van der Waals surface area contributed by atoms with Crippen LogP contribution in [0.15, 0.2) is 34.9 Å². The van der Waals surface area contributed by atoms with Crippen molar-refractivity contribution in [2.24, 2.45) is 5.41 Å². The first-order valence-electron chi connectivity index (χ1n) is 13.6. The summed E-state index contributed by atoms with van der Waals surface area (Å²) in [4.78, 5) is 39.9. The summed E-state index contributed by atoms with van der Waals surface area (Å²) in [6.45, 7) is 19.2. The van der Waals surface area contributed by atoms with E-state index in [1.807, 2.05) is 26.0 Å². The topological polar surface area (TPSA) is 109 Å². The van der Waals surface area contributed by atoms with E-state index in [4.69, 9.17) is 18.6 Å². The molecule has 0 radical (unpaired) electrons. The maximum atomic E-state index is 13.4. The molecular weight excluding hydrogens is 512 g/mol. The van der Waals surface area contributed by atoms with E-state index in [0.717, 1.165) is 6.42 Å². The predicted octanol–water partition coefficient (Wildman–Crippen LogP) is 7.66. The molecule has 0 fully saturated rings. The van der Waals surface area contributed by atoms with Gasteiger partial charge >= 0.3 is 18.0 Å². The van der Waals surface area contributed by atoms with Crippen LogP contribution in [0.3, 0.4) is 0 Å². The van der Waals surface area contributed by atoms with E-state index in [1.165, 1.54) is 4.57 Å². The van der Waals surface area contributed by atoms with Crippen molar-refractivity contribution in [3.8, 4) is 11.3 Å². The third-order valence-electron chi connectivity index (χ3n) is 5.84. The molecule has 0 unspecified atom stereocenters. The van der Waals surface area contributed by atoms with Crippen molar-refractivity contribution >= 4 is 34.8 Å². The normalized spacial score (nSPS) is 12.3. The molecule has 1 N–H and O–H groups in total. The highest BCUT2D eigenvalue weighted by molar-refractivity contribution is 6.12. The maximum absolute atomic E-state index is 13.4. The Morgan fingerprint density at radius 3 is 2.00 bits per heavy atom. The number of hydrogen-bond donors (Lipinski definition) is 1. The lowest BCUT2D eigenvalue weighted by Crippen LogP contribution is -2.35. The molecule has 3 aromatic rings. The van der Waals surface area contributed by atoms with Crippen LogP contribution in [0.2, 0.25) is 0 Å². The van der Waals surface area contributed by atoms with Gasteiger partial charge in [0.25, 0.3) is 0 Å². The Morgan fingerprint density at radius 1 is 0.875 bits per heavy atom. The number of nitrogens with zero attached hydrogens (tertiary/aromatic N) is 1. The van der Waals surface area contributed by atoms with Gasteiger partial charge in [-0.05, 0) is 66.4 Å². The number of hydrogen-bond acceptors (Lipinski definition) is 8. The number of rotatable bonds is 8. The van der Waals surface area contributed by atoms with Gasteiger partial charge in [-0.15, -0.1) is 0 Å². The van der Waals surface area contributed by atoms with Gasteiger partial charge in [-0.25, -0.2) is 14.4 Å². The van der Waals surface area contributed by atoms with Gasteiger partial charge in [0, 0.05) is 22.7 Å². The van der Waals surface area contributed by atoms with Crippen LogP contribution in [0, 0.1) is 5.41 Å². The summed E-state index contributed by atoms with van der Waals surface area (Å²) in [6, 6.07) is 7.20. The molecule has 3 rings (SSSR count). The summed E-state index contributed by atoms with van der Waals surface area (Å²) in [5.74, 6) is -1.26. The number of ether oxygens (including phenoxy) is 3. The van der Waals surface area contributed by atoms with Gasteiger partial charge in [-0.2, -0.15) is 0 Å². The Hall–Kier alpha value is -3.75. The number of furan rings is 1. The lowest BCUT2D eigenvalue weighted by Gasteiger charge is -2.33. The summed E-state index contributed by atoms with van der Waals surface area (Å²) in [5.41, 5.74) is -0.426. The lowest BCUT2D eigenvalue weighted by molar-refractivity contribution is 0.0481. The largest absolute Gasteiger partial charge is 0.462 e. The second-order valence-corrected chi connectivity index (χ2v) is 12.6. The highest BCUT2D eigenvalue weighted by Crippen LogP contribution is 2.42. The quantitative estimate of drug-likeness (QED) is 0.223. The van der Waals surface area contributed by atoms with E-state index < -0.39 is 29.2 Å². The van der Waals surface area contributed by atoms with Crippen LogP contribution < -0.4 is 5.32 Å². The number of esters is 2. The standard InChI is InChI=1S/C31H42N2O7/c1-11-37-26(34)22-23(27(35)38-12-2)25(32-31(9,10)18-29(3,4)5)39-24(22)20-17-33(28(36)40-30(6,7)8)21-16-14-13-15-19(20)21/h13-17,32H,11-12,18H2,1-10H3. The van der Waals surface area contributed by atoms with Crippen LogP contribution in [0.1, 0.15) is 96.4 Å². The summed E-state index contributed by atoms with van der Waals surface area (Å²) >= 11 is 0. The molecule has 1 aromatic carbocycles. The Morgan fingerprint density at radius 2 is 1.45 bits per heavy atom. The van der Waals surface area contributed by atoms with Crippen molar-refractivity contribution in [2.75, 3.05) is 18.5 Å². The maximum Gasteiger partial charge on any atom is 0.419 e. The Labute approximate surface area is 236 Å². The first-order chi connectivity index (χ1) is 18.5. The predicted molar refractivity (Wildman–Crippen MR) is 155 cm³/mol. The van der Waals surface area contributed by atoms with E-state index >= 15 is 0 Å². The molecule has 2 heterocycles. The average molecular weight is 555 g/mol. The summed E-state index contributed by atoms with van der Waals surface area (Å²) in [7, 11) is 0. The SMILES string of the molecule is CCOC(=O)c1c(NC(C)(C)CC(C)(C)C)oc(-c2cn(C(=O)OC(C)(C)C)c3ccccc23)c1C(=O)OCC. The second kappa shape index (κ2) is 11.4. The molecule has 9 heteroatoms. The Balaban J connectivity index is 2.34. The number of carbonyl (C=O) groups excluding carboxylic acids is 3. The molecular formula is C31H42N2O7. The molecule has 0 aliphatic heterocycles. The molecule has 9 nitrogen and oxygen atoms in total. The third-order valence-corrected chi connectivity index (χ3v) is 5.84. The minimum absolute atomic E-state index is 0.0409. The Bertz CT molecular complexity index is 1400. The zero-order valence-corrected chi connectivity index (χ0v) is 25.3. The van der Waals surface area contributed by atoms with Crippen LogP contribution in [0.4, 0.5) is 10.7 Å². The van der Waals surface area contributed by atoms with Crippen LogP contribution in [0.25, 0.3) is 22.2 Å². The summed E-state index contributed by atoms with van der Waals surface area (Å²) < 4.78 is 24.1. The molecule has 40 heavy (non-hydrogen) atoms. The van der Waals surface area contributed by atoms with Gasteiger partial charge in [0.15, 0.2) is 5.76 Å². The second-order valence-electron chi connectivity index (χ2n) is 12.6. The molecule has 2 aromatic heterocycles. The molecule has 0 amide bonds. The molecule has 0 bridgehead atoms. The van der Waals surface area contributed by atoms with Gasteiger partial charge in [0.05, 0.1) is 18.7 Å². The van der Waals surface area contributed by atoms with Gasteiger partial charge in [-0.3, -0.25) is 4.57 Å². The van der Waals surface area contributed by atoms with Crippen molar-refractivity contribution in [1.29, 1.82) is 0 Å². The third kappa shape index (κ3) is 7.06. The fourth-order valence-corrected chi connectivity index (χ4v) is 5.01. The van der Waals surface area contributed by atoms with Crippen molar-refractivity contribution in [2.45, 2.75) is 86.8 Å². The van der Waals surface area contributed by atoms with Crippen molar-refractivity contribution < 1.29 is 33.0 Å². The van der Waals surface area contributed by atoms with Crippen LogP contribution in [-0.4, -0.2) is 47.0 Å². The molecule has 0 saturated carbocycles. The zero-order chi connectivity index (χ0) is 30.0. The van der Waals surface area contributed by atoms with Crippen molar-refractivity contribution in [1.82, 2.24) is 4.57 Å². The van der Waals surface area contributed by atoms with E-state index in [0.29, 0.717) is 16.5 Å². The number of nitrogens with one attached hydrogen (secondary N) is 1. The molecule has 0 aliphatic rings. The van der Waals surface area contributed by atoms with E-state index in [2.05, 4.69) is 26.1 Å². The molecule has 0 saturated heterocycles.